The second-order valence-corrected chi connectivity index (χ2v) is 5.81. The zero-order valence-electron chi connectivity index (χ0n) is 10.6. The lowest BCUT2D eigenvalue weighted by Gasteiger charge is -2.26. The molecular formula is C13H17BrN2OS. The lowest BCUT2D eigenvalue weighted by molar-refractivity contribution is 0.411. The van der Waals surface area contributed by atoms with E-state index in [-0.39, 0.29) is 0 Å². The molecule has 0 amide bonds. The van der Waals surface area contributed by atoms with Crippen molar-refractivity contribution in [3.05, 3.63) is 28.9 Å². The summed E-state index contributed by atoms with van der Waals surface area (Å²) in [4.78, 5) is 3.44. The van der Waals surface area contributed by atoms with E-state index in [0.29, 0.717) is 0 Å². The highest BCUT2D eigenvalue weighted by Crippen LogP contribution is 2.40. The van der Waals surface area contributed by atoms with Gasteiger partial charge in [-0.2, -0.15) is 0 Å². The molecular weight excluding hydrogens is 312 g/mol. The Kier molecular flexibility index (Phi) is 4.59. The third-order valence-corrected chi connectivity index (χ3v) is 4.45. The number of hydrogen-bond donors (Lipinski definition) is 1. The fraction of sp³-hybridized carbons (Fsp3) is 0.385. The van der Waals surface area contributed by atoms with Crippen LogP contribution in [0.5, 0.6) is 5.75 Å². The largest absolute Gasteiger partial charge is 0.496 e. The van der Waals surface area contributed by atoms with Crippen molar-refractivity contribution in [1.29, 1.82) is 0 Å². The molecule has 1 aromatic carbocycles. The number of anilines is 1. The summed E-state index contributed by atoms with van der Waals surface area (Å²) in [5.74, 6) is 0.854. The molecule has 1 aromatic rings. The van der Waals surface area contributed by atoms with Crippen molar-refractivity contribution in [2.45, 2.75) is 18.2 Å². The predicted molar refractivity (Wildman–Crippen MR) is 81.3 cm³/mol. The van der Waals surface area contributed by atoms with Gasteiger partial charge < -0.3 is 9.64 Å². The van der Waals surface area contributed by atoms with E-state index < -0.39 is 0 Å². The number of benzene rings is 1. The van der Waals surface area contributed by atoms with Crippen molar-refractivity contribution in [2.24, 2.45) is 0 Å². The molecule has 1 aliphatic rings. The number of rotatable bonds is 3. The smallest absolute Gasteiger partial charge is 0.134 e. The molecule has 0 bridgehead atoms. The maximum atomic E-state index is 5.34. The van der Waals surface area contributed by atoms with Gasteiger partial charge in [-0.1, -0.05) is 13.5 Å². The van der Waals surface area contributed by atoms with Crippen LogP contribution in [-0.2, 0) is 0 Å². The summed E-state index contributed by atoms with van der Waals surface area (Å²) in [5, 5.41) is 0. The van der Waals surface area contributed by atoms with Gasteiger partial charge in [-0.05, 0) is 46.4 Å². The quantitative estimate of drug-likeness (QED) is 0.853. The van der Waals surface area contributed by atoms with Gasteiger partial charge in [-0.25, -0.2) is 0 Å². The first kappa shape index (κ1) is 13.8. The summed E-state index contributed by atoms with van der Waals surface area (Å²) < 4.78 is 9.66. The number of nitrogens with one attached hydrogen (secondary N) is 1. The van der Waals surface area contributed by atoms with Gasteiger partial charge in [-0.15, -0.1) is 0 Å². The van der Waals surface area contributed by atoms with E-state index in [2.05, 4.69) is 51.2 Å². The number of hydrogen-bond acceptors (Lipinski definition) is 4. The van der Waals surface area contributed by atoms with Gasteiger partial charge in [-0.3, -0.25) is 4.72 Å². The lowest BCUT2D eigenvalue weighted by atomic mass is 10.2. The van der Waals surface area contributed by atoms with Crippen LogP contribution >= 0.6 is 27.9 Å². The highest BCUT2D eigenvalue weighted by Gasteiger charge is 2.19. The average molecular weight is 329 g/mol. The molecule has 0 atom stereocenters. The molecule has 0 spiro atoms. The molecule has 2 rings (SSSR count). The SMILES string of the molecule is C=C(CC)N1CCNSc2cc(OC)c(Br)cc21. The molecule has 5 heteroatoms. The van der Waals surface area contributed by atoms with E-state index in [4.69, 9.17) is 4.74 Å². The number of allylic oxidation sites excluding steroid dienone is 1. The number of halogens is 1. The Morgan fingerprint density at radius 2 is 2.39 bits per heavy atom. The summed E-state index contributed by atoms with van der Waals surface area (Å²) in [5.41, 5.74) is 2.32. The van der Waals surface area contributed by atoms with Crippen LogP contribution in [0.4, 0.5) is 5.69 Å². The van der Waals surface area contributed by atoms with Crippen molar-refractivity contribution in [2.75, 3.05) is 25.1 Å². The minimum atomic E-state index is 0.854. The van der Waals surface area contributed by atoms with Gasteiger partial charge >= 0.3 is 0 Å². The maximum Gasteiger partial charge on any atom is 0.134 e. The minimum Gasteiger partial charge on any atom is -0.496 e. The van der Waals surface area contributed by atoms with Crippen LogP contribution in [0.3, 0.4) is 0 Å². The van der Waals surface area contributed by atoms with E-state index in [1.54, 1.807) is 19.1 Å². The van der Waals surface area contributed by atoms with Crippen LogP contribution in [0.25, 0.3) is 0 Å². The number of fused-ring (bicyclic) bond motifs is 1. The van der Waals surface area contributed by atoms with Crippen molar-refractivity contribution < 1.29 is 4.74 Å². The summed E-state index contributed by atoms with van der Waals surface area (Å²) in [6.07, 6.45) is 0.952. The second-order valence-electron chi connectivity index (χ2n) is 4.02. The van der Waals surface area contributed by atoms with E-state index in [1.165, 1.54) is 10.6 Å². The first-order valence-electron chi connectivity index (χ1n) is 5.90. The zero-order chi connectivity index (χ0) is 13.1. The van der Waals surface area contributed by atoms with Gasteiger partial charge in [0, 0.05) is 18.8 Å². The van der Waals surface area contributed by atoms with Gasteiger partial charge in [0.1, 0.15) is 5.75 Å². The Labute approximate surface area is 121 Å². The van der Waals surface area contributed by atoms with Crippen LogP contribution in [-0.4, -0.2) is 20.2 Å². The summed E-state index contributed by atoms with van der Waals surface area (Å²) >= 11 is 5.19. The van der Waals surface area contributed by atoms with Crippen LogP contribution in [0.1, 0.15) is 13.3 Å². The predicted octanol–water partition coefficient (Wildman–Crippen LogP) is 3.80. The second kappa shape index (κ2) is 5.99. The molecule has 0 radical (unpaired) electrons. The summed E-state index contributed by atoms with van der Waals surface area (Å²) in [7, 11) is 1.68. The standard InChI is InChI=1S/C13H17BrN2OS/c1-4-9(2)16-6-5-15-18-13-8-12(17-3)10(14)7-11(13)16/h7-8,15H,2,4-6H2,1,3H3. The molecule has 3 nitrogen and oxygen atoms in total. The molecule has 0 unspecified atom stereocenters. The Bertz CT molecular complexity index is 465. The molecule has 0 saturated carbocycles. The monoisotopic (exact) mass is 328 g/mol. The Hall–Kier alpha value is -0.650. The van der Waals surface area contributed by atoms with Crippen LogP contribution in [0.15, 0.2) is 33.8 Å². The Balaban J connectivity index is 2.47. The molecule has 0 aromatic heterocycles. The van der Waals surface area contributed by atoms with Gasteiger partial charge in [0.05, 0.1) is 22.2 Å². The Morgan fingerprint density at radius 1 is 1.61 bits per heavy atom. The highest BCUT2D eigenvalue weighted by molar-refractivity contribution is 9.10. The molecule has 18 heavy (non-hydrogen) atoms. The number of nitrogens with zero attached hydrogens (tertiary/aromatic N) is 1. The first-order chi connectivity index (χ1) is 8.67. The molecule has 98 valence electrons. The lowest BCUT2D eigenvalue weighted by Crippen LogP contribution is -2.26. The zero-order valence-corrected chi connectivity index (χ0v) is 13.0. The van der Waals surface area contributed by atoms with E-state index in [1.807, 2.05) is 0 Å². The normalized spacial score (nSPS) is 14.9. The molecule has 1 N–H and O–H groups in total. The fourth-order valence-electron chi connectivity index (χ4n) is 1.90. The van der Waals surface area contributed by atoms with E-state index in [0.717, 1.165) is 35.4 Å². The Morgan fingerprint density at radius 3 is 3.06 bits per heavy atom. The van der Waals surface area contributed by atoms with E-state index >= 15 is 0 Å². The van der Waals surface area contributed by atoms with Gasteiger partial charge in [0.25, 0.3) is 0 Å². The van der Waals surface area contributed by atoms with Crippen molar-refractivity contribution in [3.8, 4) is 5.75 Å². The number of methoxy groups -OCH3 is 1. The van der Waals surface area contributed by atoms with Gasteiger partial charge in [0.2, 0.25) is 0 Å². The minimum absolute atomic E-state index is 0.854. The average Bonchev–Trinajstić information content (AvgIpc) is 2.58. The molecule has 0 fully saturated rings. The summed E-state index contributed by atoms with van der Waals surface area (Å²) in [6, 6.07) is 4.16. The summed E-state index contributed by atoms with van der Waals surface area (Å²) in [6.45, 7) is 8.15. The molecule has 0 saturated heterocycles. The number of ether oxygens (including phenoxy) is 1. The third kappa shape index (κ3) is 2.68. The first-order valence-corrected chi connectivity index (χ1v) is 7.51. The fourth-order valence-corrected chi connectivity index (χ4v) is 3.18. The molecule has 1 aliphatic heterocycles. The van der Waals surface area contributed by atoms with Crippen molar-refractivity contribution in [1.82, 2.24) is 4.72 Å². The van der Waals surface area contributed by atoms with Crippen LogP contribution in [0, 0.1) is 0 Å². The van der Waals surface area contributed by atoms with Gasteiger partial charge in [0.15, 0.2) is 0 Å². The van der Waals surface area contributed by atoms with E-state index in [9.17, 15) is 0 Å². The highest BCUT2D eigenvalue weighted by atomic mass is 79.9. The van der Waals surface area contributed by atoms with Crippen molar-refractivity contribution >= 4 is 33.6 Å². The van der Waals surface area contributed by atoms with Crippen molar-refractivity contribution in [3.63, 3.8) is 0 Å². The topological polar surface area (TPSA) is 24.5 Å². The maximum absolute atomic E-state index is 5.34. The molecule has 1 heterocycles. The molecule has 0 aliphatic carbocycles. The third-order valence-electron chi connectivity index (χ3n) is 2.93. The van der Waals surface area contributed by atoms with Crippen LogP contribution in [0.2, 0.25) is 0 Å². The van der Waals surface area contributed by atoms with Crippen LogP contribution < -0.4 is 14.4 Å².